The number of hydrogen-bond donors (Lipinski definition) is 1. The summed E-state index contributed by atoms with van der Waals surface area (Å²) in [5.41, 5.74) is 1.61. The molecule has 2 unspecified atom stereocenters. The first-order chi connectivity index (χ1) is 7.27. The molecule has 0 spiro atoms. The van der Waals surface area contributed by atoms with Crippen molar-refractivity contribution in [2.75, 3.05) is 13.1 Å². The molecular weight excluding hydrogens is 194 g/mol. The summed E-state index contributed by atoms with van der Waals surface area (Å²) in [6.07, 6.45) is 1.44. The fraction of sp³-hybridized carbons (Fsp3) is 0.800. The molecule has 0 radical (unpaired) electrons. The number of rotatable bonds is 3. The number of aryl methyl sites for hydroxylation is 1. The van der Waals surface area contributed by atoms with Gasteiger partial charge >= 0.3 is 0 Å². The summed E-state index contributed by atoms with van der Waals surface area (Å²) >= 11 is 0. The standard InChI is InChI=1S/C10H17N3O2/c1-7-3-4-11-5-10(7)14-6-9-8(2)12-15-13-9/h7,10-11H,3-6H2,1-2H3. The highest BCUT2D eigenvalue weighted by atomic mass is 16.6. The van der Waals surface area contributed by atoms with E-state index >= 15 is 0 Å². The molecule has 0 aromatic carbocycles. The summed E-state index contributed by atoms with van der Waals surface area (Å²) in [5.74, 6) is 0.603. The van der Waals surface area contributed by atoms with Gasteiger partial charge in [-0.15, -0.1) is 0 Å². The van der Waals surface area contributed by atoms with E-state index in [1.54, 1.807) is 0 Å². The number of hydrogen-bond acceptors (Lipinski definition) is 5. The van der Waals surface area contributed by atoms with Crippen LogP contribution in [0.4, 0.5) is 0 Å². The Morgan fingerprint density at radius 2 is 2.40 bits per heavy atom. The fourth-order valence-corrected chi connectivity index (χ4v) is 1.75. The van der Waals surface area contributed by atoms with E-state index in [9.17, 15) is 0 Å². The molecule has 0 saturated carbocycles. The quantitative estimate of drug-likeness (QED) is 0.804. The van der Waals surface area contributed by atoms with Gasteiger partial charge in [0.2, 0.25) is 0 Å². The van der Waals surface area contributed by atoms with Crippen LogP contribution < -0.4 is 5.32 Å². The van der Waals surface area contributed by atoms with Gasteiger partial charge in [0.1, 0.15) is 11.4 Å². The van der Waals surface area contributed by atoms with E-state index in [4.69, 9.17) is 4.74 Å². The number of piperidine rings is 1. The predicted molar refractivity (Wildman–Crippen MR) is 54.3 cm³/mol. The van der Waals surface area contributed by atoms with Crippen LogP contribution in [0, 0.1) is 12.8 Å². The predicted octanol–water partition coefficient (Wildman–Crippen LogP) is 0.893. The highest BCUT2D eigenvalue weighted by molar-refractivity contribution is 5.02. The summed E-state index contributed by atoms with van der Waals surface area (Å²) in [4.78, 5) is 0. The molecule has 2 rings (SSSR count). The number of ether oxygens (including phenoxy) is 1. The summed E-state index contributed by atoms with van der Waals surface area (Å²) in [5, 5.41) is 10.8. The molecule has 2 atom stereocenters. The van der Waals surface area contributed by atoms with Crippen molar-refractivity contribution in [1.82, 2.24) is 15.6 Å². The summed E-state index contributed by atoms with van der Waals surface area (Å²) in [6.45, 7) is 6.60. The highest BCUT2D eigenvalue weighted by Gasteiger charge is 2.22. The first kappa shape index (κ1) is 10.6. The van der Waals surface area contributed by atoms with E-state index in [-0.39, 0.29) is 6.10 Å². The van der Waals surface area contributed by atoms with E-state index in [0.29, 0.717) is 12.5 Å². The van der Waals surface area contributed by atoms with Gasteiger partial charge in [-0.1, -0.05) is 17.2 Å². The second kappa shape index (κ2) is 4.72. The van der Waals surface area contributed by atoms with Crippen LogP contribution in [0.2, 0.25) is 0 Å². The van der Waals surface area contributed by atoms with Gasteiger partial charge in [0.05, 0.1) is 12.7 Å². The minimum absolute atomic E-state index is 0.273. The van der Waals surface area contributed by atoms with Crippen LogP contribution in [0.5, 0.6) is 0 Å². The Hall–Kier alpha value is -0.940. The molecule has 1 aromatic rings. The van der Waals surface area contributed by atoms with E-state index in [2.05, 4.69) is 27.2 Å². The number of aromatic nitrogens is 2. The molecule has 1 saturated heterocycles. The Balaban J connectivity index is 1.84. The van der Waals surface area contributed by atoms with Crippen molar-refractivity contribution in [3.8, 4) is 0 Å². The molecule has 0 bridgehead atoms. The topological polar surface area (TPSA) is 60.2 Å². The van der Waals surface area contributed by atoms with Gasteiger partial charge in [-0.25, -0.2) is 4.63 Å². The van der Waals surface area contributed by atoms with E-state index in [0.717, 1.165) is 24.5 Å². The average Bonchev–Trinajstić information content (AvgIpc) is 2.63. The third kappa shape index (κ3) is 2.54. The Morgan fingerprint density at radius 3 is 3.07 bits per heavy atom. The maximum absolute atomic E-state index is 5.80. The molecule has 1 fully saturated rings. The van der Waals surface area contributed by atoms with Crippen LogP contribution in [0.3, 0.4) is 0 Å². The maximum atomic E-state index is 5.80. The minimum Gasteiger partial charge on any atom is -0.370 e. The summed E-state index contributed by atoms with van der Waals surface area (Å²) in [7, 11) is 0. The van der Waals surface area contributed by atoms with Gasteiger partial charge in [0.25, 0.3) is 0 Å². The zero-order valence-corrected chi connectivity index (χ0v) is 9.19. The van der Waals surface area contributed by atoms with Gasteiger partial charge in [-0.2, -0.15) is 0 Å². The van der Waals surface area contributed by atoms with Gasteiger partial charge in [0.15, 0.2) is 0 Å². The van der Waals surface area contributed by atoms with Crippen molar-refractivity contribution in [2.45, 2.75) is 33.0 Å². The lowest BCUT2D eigenvalue weighted by Gasteiger charge is -2.29. The Labute approximate surface area is 89.1 Å². The largest absolute Gasteiger partial charge is 0.370 e. The van der Waals surface area contributed by atoms with Crippen molar-refractivity contribution < 1.29 is 9.37 Å². The minimum atomic E-state index is 0.273. The molecule has 1 N–H and O–H groups in total. The van der Waals surface area contributed by atoms with Crippen molar-refractivity contribution in [3.63, 3.8) is 0 Å². The second-order valence-corrected chi connectivity index (χ2v) is 4.12. The van der Waals surface area contributed by atoms with E-state index < -0.39 is 0 Å². The molecule has 0 aliphatic carbocycles. The molecule has 5 heteroatoms. The van der Waals surface area contributed by atoms with Crippen LogP contribution in [0.15, 0.2) is 4.63 Å². The molecule has 0 amide bonds. The van der Waals surface area contributed by atoms with Crippen molar-refractivity contribution >= 4 is 0 Å². The Kier molecular flexibility index (Phi) is 3.33. The first-order valence-electron chi connectivity index (χ1n) is 5.37. The molecule has 2 heterocycles. The zero-order valence-electron chi connectivity index (χ0n) is 9.19. The highest BCUT2D eigenvalue weighted by Crippen LogP contribution is 2.16. The van der Waals surface area contributed by atoms with Crippen LogP contribution in [-0.2, 0) is 11.3 Å². The first-order valence-corrected chi connectivity index (χ1v) is 5.37. The molecular formula is C10H17N3O2. The molecule has 5 nitrogen and oxygen atoms in total. The third-order valence-electron chi connectivity index (χ3n) is 2.94. The fourth-order valence-electron chi connectivity index (χ4n) is 1.75. The van der Waals surface area contributed by atoms with Crippen molar-refractivity contribution in [3.05, 3.63) is 11.4 Å². The Morgan fingerprint density at radius 1 is 1.53 bits per heavy atom. The van der Waals surface area contributed by atoms with E-state index in [1.807, 2.05) is 6.92 Å². The second-order valence-electron chi connectivity index (χ2n) is 4.12. The summed E-state index contributed by atoms with van der Waals surface area (Å²) in [6, 6.07) is 0. The van der Waals surface area contributed by atoms with Gasteiger partial charge < -0.3 is 10.1 Å². The lowest BCUT2D eigenvalue weighted by atomic mass is 9.97. The average molecular weight is 211 g/mol. The smallest absolute Gasteiger partial charge is 0.133 e. The van der Waals surface area contributed by atoms with Crippen molar-refractivity contribution in [1.29, 1.82) is 0 Å². The number of nitrogens with zero attached hydrogens (tertiary/aromatic N) is 2. The summed E-state index contributed by atoms with van der Waals surface area (Å²) < 4.78 is 10.4. The maximum Gasteiger partial charge on any atom is 0.133 e. The Bertz CT molecular complexity index is 313. The van der Waals surface area contributed by atoms with E-state index in [1.165, 1.54) is 6.42 Å². The van der Waals surface area contributed by atoms with Crippen molar-refractivity contribution in [2.24, 2.45) is 5.92 Å². The van der Waals surface area contributed by atoms with Gasteiger partial charge in [-0.05, 0) is 25.8 Å². The van der Waals surface area contributed by atoms with Gasteiger partial charge in [-0.3, -0.25) is 0 Å². The monoisotopic (exact) mass is 211 g/mol. The lowest BCUT2D eigenvalue weighted by molar-refractivity contribution is -0.00905. The van der Waals surface area contributed by atoms with Gasteiger partial charge in [0, 0.05) is 6.54 Å². The molecule has 1 aliphatic heterocycles. The molecule has 1 aliphatic rings. The lowest BCUT2D eigenvalue weighted by Crippen LogP contribution is -2.40. The SMILES string of the molecule is Cc1nonc1COC1CNCCC1C. The molecule has 15 heavy (non-hydrogen) atoms. The molecule has 1 aromatic heterocycles. The van der Waals surface area contributed by atoms with Crippen LogP contribution in [-0.4, -0.2) is 29.5 Å². The van der Waals surface area contributed by atoms with Crippen LogP contribution >= 0.6 is 0 Å². The third-order valence-corrected chi connectivity index (χ3v) is 2.94. The zero-order chi connectivity index (χ0) is 10.7. The number of nitrogens with one attached hydrogen (secondary N) is 1. The van der Waals surface area contributed by atoms with Crippen LogP contribution in [0.25, 0.3) is 0 Å². The molecule has 84 valence electrons. The van der Waals surface area contributed by atoms with Crippen LogP contribution in [0.1, 0.15) is 24.7 Å². The normalized spacial score (nSPS) is 26.8.